The fourth-order valence-corrected chi connectivity index (χ4v) is 2.72. The molecule has 0 saturated carbocycles. The highest BCUT2D eigenvalue weighted by atomic mass is 32.2. The number of anilines is 1. The van der Waals surface area contributed by atoms with E-state index in [-0.39, 0.29) is 0 Å². The second-order valence-electron chi connectivity index (χ2n) is 3.03. The summed E-state index contributed by atoms with van der Waals surface area (Å²) in [4.78, 5) is 12.4. The second kappa shape index (κ2) is 5.28. The van der Waals surface area contributed by atoms with E-state index in [0.717, 1.165) is 16.6 Å². The first-order valence-corrected chi connectivity index (χ1v) is 6.48. The SMILES string of the molecule is CCc1nsc(Sc2ncnc(OC)c2N)n1. The number of hydrogen-bond donors (Lipinski definition) is 1. The molecular weight excluding hydrogens is 258 g/mol. The van der Waals surface area contributed by atoms with Gasteiger partial charge < -0.3 is 10.5 Å². The minimum atomic E-state index is 0.378. The standard InChI is InChI=1S/C9H11N5OS2/c1-3-5-13-9(17-14-5)16-8-6(10)7(15-2)11-4-12-8/h4H,3,10H2,1-2H3. The Morgan fingerprint density at radius 2 is 2.29 bits per heavy atom. The van der Waals surface area contributed by atoms with Crippen LogP contribution in [-0.2, 0) is 6.42 Å². The lowest BCUT2D eigenvalue weighted by Crippen LogP contribution is -1.99. The Morgan fingerprint density at radius 1 is 1.47 bits per heavy atom. The molecular formula is C9H11N5OS2. The first-order valence-electron chi connectivity index (χ1n) is 4.89. The van der Waals surface area contributed by atoms with E-state index in [1.807, 2.05) is 6.92 Å². The Hall–Kier alpha value is -1.41. The Morgan fingerprint density at radius 3 is 2.94 bits per heavy atom. The molecule has 0 fully saturated rings. The molecule has 0 aliphatic heterocycles. The minimum Gasteiger partial charge on any atom is -0.479 e. The molecule has 0 saturated heterocycles. The van der Waals surface area contributed by atoms with Gasteiger partial charge in [0.2, 0.25) is 5.88 Å². The van der Waals surface area contributed by atoms with Crippen LogP contribution in [0.15, 0.2) is 15.7 Å². The highest BCUT2D eigenvalue weighted by Gasteiger charge is 2.12. The summed E-state index contributed by atoms with van der Waals surface area (Å²) >= 11 is 2.70. The molecule has 6 nitrogen and oxygen atoms in total. The molecule has 0 unspecified atom stereocenters. The van der Waals surface area contributed by atoms with E-state index in [1.54, 1.807) is 0 Å². The van der Waals surface area contributed by atoms with Crippen LogP contribution in [0, 0.1) is 0 Å². The number of aromatic nitrogens is 4. The van der Waals surface area contributed by atoms with Crippen molar-refractivity contribution >= 4 is 29.0 Å². The second-order valence-corrected chi connectivity index (χ2v) is 5.02. The van der Waals surface area contributed by atoms with Gasteiger partial charge in [0.1, 0.15) is 22.9 Å². The molecule has 2 rings (SSSR count). The number of aryl methyl sites for hydroxylation is 1. The molecule has 2 aromatic heterocycles. The summed E-state index contributed by atoms with van der Waals surface area (Å²) in [6, 6.07) is 0. The van der Waals surface area contributed by atoms with Gasteiger partial charge in [-0.1, -0.05) is 6.92 Å². The van der Waals surface area contributed by atoms with Crippen molar-refractivity contribution in [3.8, 4) is 5.88 Å². The van der Waals surface area contributed by atoms with Crippen LogP contribution in [0.1, 0.15) is 12.7 Å². The van der Waals surface area contributed by atoms with E-state index in [9.17, 15) is 0 Å². The highest BCUT2D eigenvalue weighted by molar-refractivity contribution is 8.01. The van der Waals surface area contributed by atoms with Gasteiger partial charge in [0.15, 0.2) is 4.34 Å². The molecule has 8 heteroatoms. The van der Waals surface area contributed by atoms with E-state index in [2.05, 4.69) is 19.3 Å². The summed E-state index contributed by atoms with van der Waals surface area (Å²) in [6.45, 7) is 2.01. The van der Waals surface area contributed by atoms with Crippen LogP contribution in [0.3, 0.4) is 0 Å². The third-order valence-corrected chi connectivity index (χ3v) is 3.76. The van der Waals surface area contributed by atoms with Crippen LogP contribution >= 0.6 is 23.3 Å². The van der Waals surface area contributed by atoms with Gasteiger partial charge in [-0.3, -0.25) is 0 Å². The molecule has 0 aliphatic carbocycles. The average Bonchev–Trinajstić information content (AvgIpc) is 2.79. The largest absolute Gasteiger partial charge is 0.479 e. The maximum absolute atomic E-state index is 5.87. The van der Waals surface area contributed by atoms with Crippen LogP contribution in [0.2, 0.25) is 0 Å². The number of rotatable bonds is 4. The average molecular weight is 269 g/mol. The number of methoxy groups -OCH3 is 1. The summed E-state index contributed by atoms with van der Waals surface area (Å²) in [5.74, 6) is 1.21. The third-order valence-electron chi connectivity index (χ3n) is 1.95. The predicted octanol–water partition coefficient (Wildman–Crippen LogP) is 1.63. The molecule has 0 atom stereocenters. The molecule has 17 heavy (non-hydrogen) atoms. The monoisotopic (exact) mass is 269 g/mol. The quantitative estimate of drug-likeness (QED) is 0.844. The first kappa shape index (κ1) is 12.1. The summed E-state index contributed by atoms with van der Waals surface area (Å²) in [6.07, 6.45) is 2.24. The lowest BCUT2D eigenvalue weighted by atomic mass is 10.5. The number of ether oxygens (including phenoxy) is 1. The van der Waals surface area contributed by atoms with Crippen molar-refractivity contribution in [3.05, 3.63) is 12.2 Å². The summed E-state index contributed by atoms with van der Waals surface area (Å²) in [7, 11) is 1.52. The molecule has 2 heterocycles. The van der Waals surface area contributed by atoms with Gasteiger partial charge in [0.25, 0.3) is 0 Å². The maximum atomic E-state index is 5.87. The zero-order valence-corrected chi connectivity index (χ0v) is 11.0. The van der Waals surface area contributed by atoms with E-state index in [0.29, 0.717) is 16.6 Å². The number of nitrogen functional groups attached to an aromatic ring is 1. The van der Waals surface area contributed by atoms with E-state index < -0.39 is 0 Å². The summed E-state index contributed by atoms with van der Waals surface area (Å²) in [5, 5.41) is 0.635. The van der Waals surface area contributed by atoms with Crippen molar-refractivity contribution in [3.63, 3.8) is 0 Å². The van der Waals surface area contributed by atoms with Crippen LogP contribution in [0.25, 0.3) is 0 Å². The highest BCUT2D eigenvalue weighted by Crippen LogP contribution is 2.34. The minimum absolute atomic E-state index is 0.378. The fraction of sp³-hybridized carbons (Fsp3) is 0.333. The molecule has 0 spiro atoms. The van der Waals surface area contributed by atoms with Crippen molar-refractivity contribution in [1.82, 2.24) is 19.3 Å². The molecule has 0 amide bonds. The molecule has 0 aromatic carbocycles. The zero-order chi connectivity index (χ0) is 12.3. The summed E-state index contributed by atoms with van der Waals surface area (Å²) in [5.41, 5.74) is 6.29. The number of nitrogens with zero attached hydrogens (tertiary/aromatic N) is 4. The Balaban J connectivity index is 2.23. The van der Waals surface area contributed by atoms with Crippen molar-refractivity contribution in [2.24, 2.45) is 0 Å². The predicted molar refractivity (Wildman–Crippen MR) is 66.4 cm³/mol. The smallest absolute Gasteiger partial charge is 0.241 e. The van der Waals surface area contributed by atoms with Crippen molar-refractivity contribution < 1.29 is 4.74 Å². The fourth-order valence-electron chi connectivity index (χ4n) is 1.11. The number of nitrogens with two attached hydrogens (primary N) is 1. The maximum Gasteiger partial charge on any atom is 0.241 e. The van der Waals surface area contributed by atoms with Crippen molar-refractivity contribution in [2.75, 3.05) is 12.8 Å². The van der Waals surface area contributed by atoms with Crippen LogP contribution in [0.5, 0.6) is 5.88 Å². The van der Waals surface area contributed by atoms with Crippen LogP contribution in [-0.4, -0.2) is 26.4 Å². The van der Waals surface area contributed by atoms with Gasteiger partial charge >= 0.3 is 0 Å². The Kier molecular flexibility index (Phi) is 3.75. The van der Waals surface area contributed by atoms with Gasteiger partial charge in [-0.05, 0) is 23.3 Å². The Bertz CT molecular complexity index is 516. The Labute approximate surface area is 107 Å². The van der Waals surface area contributed by atoms with E-state index in [1.165, 1.54) is 36.7 Å². The molecule has 90 valence electrons. The molecule has 2 aromatic rings. The van der Waals surface area contributed by atoms with Crippen molar-refractivity contribution in [1.29, 1.82) is 0 Å². The van der Waals surface area contributed by atoms with Gasteiger partial charge in [0, 0.05) is 6.42 Å². The normalized spacial score (nSPS) is 10.5. The molecule has 0 bridgehead atoms. The van der Waals surface area contributed by atoms with Gasteiger partial charge in [-0.25, -0.2) is 9.97 Å². The topological polar surface area (TPSA) is 86.8 Å². The zero-order valence-electron chi connectivity index (χ0n) is 9.38. The van der Waals surface area contributed by atoms with E-state index >= 15 is 0 Å². The van der Waals surface area contributed by atoms with Crippen LogP contribution in [0.4, 0.5) is 5.69 Å². The molecule has 0 radical (unpaired) electrons. The molecule has 2 N–H and O–H groups in total. The molecule has 0 aliphatic rings. The van der Waals surface area contributed by atoms with Crippen molar-refractivity contribution in [2.45, 2.75) is 22.7 Å². The number of hydrogen-bond acceptors (Lipinski definition) is 8. The van der Waals surface area contributed by atoms with Gasteiger partial charge in [-0.15, -0.1) is 0 Å². The lowest BCUT2D eigenvalue weighted by molar-refractivity contribution is 0.397. The van der Waals surface area contributed by atoms with Gasteiger partial charge in [0.05, 0.1) is 7.11 Å². The summed E-state index contributed by atoms with van der Waals surface area (Å²) < 4.78 is 10.0. The van der Waals surface area contributed by atoms with Crippen LogP contribution < -0.4 is 10.5 Å². The van der Waals surface area contributed by atoms with Gasteiger partial charge in [-0.2, -0.15) is 9.36 Å². The third kappa shape index (κ3) is 2.64. The lowest BCUT2D eigenvalue weighted by Gasteiger charge is -2.05. The van der Waals surface area contributed by atoms with E-state index in [4.69, 9.17) is 10.5 Å². The first-order chi connectivity index (χ1) is 8.24.